The fourth-order valence-electron chi connectivity index (χ4n) is 5.30. The molecule has 222 valence electrons. The molecule has 0 fully saturated rings. The minimum absolute atomic E-state index is 0.0560. The highest BCUT2D eigenvalue weighted by atomic mass is 16.5. The van der Waals surface area contributed by atoms with Crippen molar-refractivity contribution < 1.29 is 14.6 Å². The zero-order chi connectivity index (χ0) is 30.1. The number of hydrogen-bond donors (Lipinski definition) is 3. The maximum Gasteiger partial charge on any atom is 0.338 e. The Balaban J connectivity index is 1.37. The molecule has 0 saturated heterocycles. The number of fused-ring (bicyclic) bond motifs is 2. The van der Waals surface area contributed by atoms with Gasteiger partial charge < -0.3 is 30.4 Å². The lowest BCUT2D eigenvalue weighted by Crippen LogP contribution is -2.27. The summed E-state index contributed by atoms with van der Waals surface area (Å²) >= 11 is 0. The third-order valence-electron chi connectivity index (χ3n) is 7.80. The first-order chi connectivity index (χ1) is 20.8. The van der Waals surface area contributed by atoms with Crippen LogP contribution >= 0.6 is 0 Å². The first-order valence-corrected chi connectivity index (χ1v) is 14.1. The van der Waals surface area contributed by atoms with Gasteiger partial charge in [0.1, 0.15) is 6.73 Å². The summed E-state index contributed by atoms with van der Waals surface area (Å²) in [6.07, 6.45) is 5.50. The van der Waals surface area contributed by atoms with Crippen LogP contribution in [0.4, 0.5) is 17.3 Å². The molecular formula is C31H35N9O3. The fourth-order valence-corrected chi connectivity index (χ4v) is 5.30. The zero-order valence-electron chi connectivity index (χ0n) is 24.5. The maximum absolute atomic E-state index is 11.2. The van der Waals surface area contributed by atoms with Crippen molar-refractivity contribution in [2.24, 2.45) is 0 Å². The zero-order valence-corrected chi connectivity index (χ0v) is 24.5. The second-order valence-corrected chi connectivity index (χ2v) is 10.8. The number of aromatic nitrogens is 4. The second kappa shape index (κ2) is 11.7. The number of para-hydroxylation sites is 1. The molecule has 2 aliphatic heterocycles. The number of anilines is 3. The molecule has 43 heavy (non-hydrogen) atoms. The molecule has 0 spiro atoms. The smallest absolute Gasteiger partial charge is 0.338 e. The number of aromatic carboxylic acids is 1. The molecule has 3 N–H and O–H groups in total. The van der Waals surface area contributed by atoms with Crippen LogP contribution in [-0.4, -0.2) is 88.4 Å². The Bertz CT molecular complexity index is 1710. The molecule has 0 unspecified atom stereocenters. The van der Waals surface area contributed by atoms with Crippen molar-refractivity contribution in [3.05, 3.63) is 78.5 Å². The highest BCUT2D eigenvalue weighted by Gasteiger charge is 2.23. The molecule has 12 nitrogen and oxygen atoms in total. The number of carboxylic acid groups (broad SMARTS) is 1. The van der Waals surface area contributed by atoms with Gasteiger partial charge in [-0.15, -0.1) is 0 Å². The van der Waals surface area contributed by atoms with E-state index in [9.17, 15) is 4.79 Å². The molecule has 0 aliphatic carbocycles. The summed E-state index contributed by atoms with van der Waals surface area (Å²) in [5.41, 5.74) is 8.12. The Morgan fingerprint density at radius 1 is 1.19 bits per heavy atom. The van der Waals surface area contributed by atoms with Gasteiger partial charge in [0.15, 0.2) is 0 Å². The summed E-state index contributed by atoms with van der Waals surface area (Å²) in [4.78, 5) is 21.5. The highest BCUT2D eigenvalue weighted by molar-refractivity contribution is 5.97. The number of hydrazine groups is 1. The van der Waals surface area contributed by atoms with E-state index in [1.165, 1.54) is 12.4 Å². The van der Waals surface area contributed by atoms with Crippen LogP contribution in [0.1, 0.15) is 22.5 Å². The molecular weight excluding hydrogens is 546 g/mol. The molecule has 4 heterocycles. The van der Waals surface area contributed by atoms with Gasteiger partial charge in [0.05, 0.1) is 41.3 Å². The van der Waals surface area contributed by atoms with Crippen LogP contribution in [0.5, 0.6) is 0 Å². The average molecular weight is 582 g/mol. The highest BCUT2D eigenvalue weighted by Crippen LogP contribution is 2.38. The van der Waals surface area contributed by atoms with E-state index in [2.05, 4.69) is 74.7 Å². The van der Waals surface area contributed by atoms with Crippen LogP contribution in [0.3, 0.4) is 0 Å². The first kappa shape index (κ1) is 28.2. The molecule has 12 heteroatoms. The molecule has 4 aromatic rings. The van der Waals surface area contributed by atoms with E-state index in [-0.39, 0.29) is 5.56 Å². The monoisotopic (exact) mass is 581 g/mol. The van der Waals surface area contributed by atoms with Crippen molar-refractivity contribution in [3.8, 4) is 11.1 Å². The van der Waals surface area contributed by atoms with Crippen LogP contribution in [0.25, 0.3) is 27.6 Å². The molecule has 0 atom stereocenters. The molecule has 6 rings (SSSR count). The van der Waals surface area contributed by atoms with E-state index in [0.29, 0.717) is 32.4 Å². The van der Waals surface area contributed by atoms with Crippen molar-refractivity contribution in [2.45, 2.75) is 13.0 Å². The Morgan fingerprint density at radius 3 is 2.74 bits per heavy atom. The van der Waals surface area contributed by atoms with E-state index < -0.39 is 5.97 Å². The predicted molar refractivity (Wildman–Crippen MR) is 168 cm³/mol. The van der Waals surface area contributed by atoms with Gasteiger partial charge in [-0.3, -0.25) is 4.68 Å². The van der Waals surface area contributed by atoms with E-state index in [1.807, 2.05) is 35.8 Å². The van der Waals surface area contributed by atoms with Crippen molar-refractivity contribution in [3.63, 3.8) is 0 Å². The largest absolute Gasteiger partial charge is 0.478 e. The summed E-state index contributed by atoms with van der Waals surface area (Å²) in [5.74, 6) is -0.597. The average Bonchev–Trinajstić information content (AvgIpc) is 3.56. The number of rotatable bonds is 7. The number of nitrogens with one attached hydrogen (secondary N) is 2. The van der Waals surface area contributed by atoms with Gasteiger partial charge >= 0.3 is 5.97 Å². The van der Waals surface area contributed by atoms with E-state index >= 15 is 0 Å². The SMILES string of the molecule is C=C1CCOCNc2cccc(-c3ccc4c(c3)c(C3=CN(C)N(C)C3)nn4CCN(C)c3ncc(C(=O)O)cn3)c2N1. The molecule has 0 bridgehead atoms. The third-order valence-corrected chi connectivity index (χ3v) is 7.80. The fraction of sp³-hybridized carbons (Fsp3) is 0.290. The van der Waals surface area contributed by atoms with Gasteiger partial charge in [0.25, 0.3) is 0 Å². The topological polar surface area (TPSA) is 124 Å². The molecule has 0 radical (unpaired) electrons. The van der Waals surface area contributed by atoms with Crippen molar-refractivity contribution in [1.82, 2.24) is 29.8 Å². The van der Waals surface area contributed by atoms with Crippen LogP contribution in [0.15, 0.2) is 67.3 Å². The lowest BCUT2D eigenvalue weighted by Gasteiger charge is -2.18. The molecule has 0 amide bonds. The number of ether oxygens (including phenoxy) is 1. The van der Waals surface area contributed by atoms with Gasteiger partial charge in [-0.25, -0.2) is 19.8 Å². The van der Waals surface area contributed by atoms with E-state index in [1.54, 1.807) is 0 Å². The number of benzene rings is 2. The number of carbonyl (C=O) groups is 1. The van der Waals surface area contributed by atoms with Gasteiger partial charge in [0.2, 0.25) is 5.95 Å². The Labute approximate surface area is 249 Å². The van der Waals surface area contributed by atoms with Crippen molar-refractivity contribution in [1.29, 1.82) is 0 Å². The van der Waals surface area contributed by atoms with Crippen LogP contribution in [-0.2, 0) is 11.3 Å². The summed E-state index contributed by atoms with van der Waals surface area (Å²) in [7, 11) is 5.97. The lowest BCUT2D eigenvalue weighted by atomic mass is 9.99. The quantitative estimate of drug-likeness (QED) is 0.291. The van der Waals surface area contributed by atoms with Crippen LogP contribution < -0.4 is 15.5 Å². The second-order valence-electron chi connectivity index (χ2n) is 10.8. The van der Waals surface area contributed by atoms with Crippen LogP contribution in [0.2, 0.25) is 0 Å². The minimum Gasteiger partial charge on any atom is -0.478 e. The predicted octanol–water partition coefficient (Wildman–Crippen LogP) is 4.18. The van der Waals surface area contributed by atoms with E-state index in [0.717, 1.165) is 63.3 Å². The number of likely N-dealkylation sites (N-methyl/N-ethyl adjacent to an activating group) is 2. The Kier molecular flexibility index (Phi) is 7.70. The summed E-state index contributed by atoms with van der Waals surface area (Å²) in [6.45, 7) is 7.15. The van der Waals surface area contributed by atoms with Crippen molar-refractivity contribution >= 4 is 39.8 Å². The summed E-state index contributed by atoms with van der Waals surface area (Å²) < 4.78 is 7.71. The Morgan fingerprint density at radius 2 is 2.00 bits per heavy atom. The van der Waals surface area contributed by atoms with Gasteiger partial charge in [-0.2, -0.15) is 5.10 Å². The first-order valence-electron chi connectivity index (χ1n) is 14.1. The third kappa shape index (κ3) is 5.74. The molecule has 2 aromatic heterocycles. The van der Waals surface area contributed by atoms with Crippen LogP contribution in [0, 0.1) is 0 Å². The molecule has 2 aliphatic rings. The van der Waals surface area contributed by atoms with E-state index in [4.69, 9.17) is 14.9 Å². The Hall–Kier alpha value is -4.94. The van der Waals surface area contributed by atoms with Gasteiger partial charge in [-0.1, -0.05) is 24.8 Å². The number of carboxylic acids is 1. The van der Waals surface area contributed by atoms with Gasteiger partial charge in [-0.05, 0) is 23.8 Å². The number of hydrogen-bond acceptors (Lipinski definition) is 10. The normalized spacial score (nSPS) is 15.7. The summed E-state index contributed by atoms with van der Waals surface area (Å²) in [5, 5.41) is 26.5. The van der Waals surface area contributed by atoms with Gasteiger partial charge in [0, 0.05) is 81.5 Å². The minimum atomic E-state index is -1.05. The molecule has 0 saturated carbocycles. The lowest BCUT2D eigenvalue weighted by molar-refractivity contribution is 0.0696. The van der Waals surface area contributed by atoms with Crippen molar-refractivity contribution in [2.75, 3.05) is 63.1 Å². The summed E-state index contributed by atoms with van der Waals surface area (Å²) in [6, 6.07) is 12.7. The molecule has 2 aromatic carbocycles. The number of nitrogens with zero attached hydrogens (tertiary/aromatic N) is 7. The standard InChI is InChI=1S/C31H35N9O3/c1-20-10-13-43-19-34-26-7-5-6-24(29(26)35-20)21-8-9-27-25(14-21)28(23-17-38(3)39(4)18-23)36-40(27)12-11-37(2)31-32-15-22(16-33-31)30(41)42/h5-9,14-17,34-35H,1,10-13,18-19H2,2-4H3,(H,41,42). The maximum atomic E-state index is 11.2.